The van der Waals surface area contributed by atoms with Crippen molar-refractivity contribution >= 4 is 5.69 Å². The zero-order valence-corrected chi connectivity index (χ0v) is 12.5. The number of alkyl halides is 3. The SMILES string of the molecule is CC.CN(C)c1cc[n+](-c2ncccc2C(F)(F)F)cc1. The van der Waals surface area contributed by atoms with Crippen LogP contribution in [-0.4, -0.2) is 19.1 Å². The van der Waals surface area contributed by atoms with E-state index in [1.54, 1.807) is 24.5 Å². The first kappa shape index (κ1) is 16.9. The van der Waals surface area contributed by atoms with Crippen molar-refractivity contribution < 1.29 is 17.7 Å². The normalized spacial score (nSPS) is 10.6. The van der Waals surface area contributed by atoms with Crippen molar-refractivity contribution in [3.63, 3.8) is 0 Å². The van der Waals surface area contributed by atoms with E-state index in [4.69, 9.17) is 0 Å². The van der Waals surface area contributed by atoms with Crippen LogP contribution >= 0.6 is 0 Å². The first-order valence-electron chi connectivity index (χ1n) is 6.61. The molecule has 0 aliphatic rings. The lowest BCUT2D eigenvalue weighted by atomic mass is 10.2. The van der Waals surface area contributed by atoms with Gasteiger partial charge in [0, 0.05) is 31.9 Å². The molecule has 0 saturated carbocycles. The van der Waals surface area contributed by atoms with Gasteiger partial charge in [0.2, 0.25) is 0 Å². The Balaban J connectivity index is 0.00000106. The maximum atomic E-state index is 12.9. The molecule has 0 saturated heterocycles. The van der Waals surface area contributed by atoms with Gasteiger partial charge in [-0.2, -0.15) is 13.2 Å². The summed E-state index contributed by atoms with van der Waals surface area (Å²) in [5, 5.41) is 0. The molecule has 0 spiro atoms. The summed E-state index contributed by atoms with van der Waals surface area (Å²) in [5.74, 6) is -0.125. The molecule has 0 aromatic carbocycles. The van der Waals surface area contributed by atoms with Crippen LogP contribution in [0.25, 0.3) is 5.82 Å². The fourth-order valence-electron chi connectivity index (χ4n) is 1.68. The van der Waals surface area contributed by atoms with Gasteiger partial charge in [-0.15, -0.1) is 0 Å². The Labute approximate surface area is 122 Å². The maximum absolute atomic E-state index is 12.9. The predicted octanol–water partition coefficient (Wildman–Crippen LogP) is 3.47. The van der Waals surface area contributed by atoms with E-state index in [9.17, 15) is 13.2 Å². The van der Waals surface area contributed by atoms with Gasteiger partial charge < -0.3 is 4.90 Å². The molecule has 3 nitrogen and oxygen atoms in total. The van der Waals surface area contributed by atoms with E-state index in [0.29, 0.717) is 0 Å². The molecule has 2 aromatic rings. The number of aromatic nitrogens is 2. The quantitative estimate of drug-likeness (QED) is 0.791. The van der Waals surface area contributed by atoms with Crippen LogP contribution < -0.4 is 9.47 Å². The third-order valence-corrected chi connectivity index (χ3v) is 2.66. The van der Waals surface area contributed by atoms with Crippen LogP contribution in [0.2, 0.25) is 0 Å². The van der Waals surface area contributed by atoms with Gasteiger partial charge in [0.1, 0.15) is 11.8 Å². The number of rotatable bonds is 2. The second-order valence-electron chi connectivity index (χ2n) is 4.23. The molecule has 2 heterocycles. The van der Waals surface area contributed by atoms with Crippen molar-refractivity contribution in [3.8, 4) is 5.82 Å². The number of nitrogens with zero attached hydrogens (tertiary/aromatic N) is 3. The minimum absolute atomic E-state index is 0.125. The first-order valence-corrected chi connectivity index (χ1v) is 6.61. The molecule has 0 amide bonds. The van der Waals surface area contributed by atoms with Gasteiger partial charge >= 0.3 is 12.0 Å². The lowest BCUT2D eigenvalue weighted by molar-refractivity contribution is -0.601. The van der Waals surface area contributed by atoms with Crippen molar-refractivity contribution in [3.05, 3.63) is 48.4 Å². The van der Waals surface area contributed by atoms with Crippen molar-refractivity contribution in [2.75, 3.05) is 19.0 Å². The summed E-state index contributed by atoms with van der Waals surface area (Å²) in [6, 6.07) is 5.76. The van der Waals surface area contributed by atoms with E-state index < -0.39 is 11.7 Å². The van der Waals surface area contributed by atoms with Crippen LogP contribution in [0.3, 0.4) is 0 Å². The van der Waals surface area contributed by atoms with Gasteiger partial charge in [0.15, 0.2) is 0 Å². The highest BCUT2D eigenvalue weighted by molar-refractivity contribution is 5.42. The third kappa shape index (κ3) is 4.18. The van der Waals surface area contributed by atoms with Crippen molar-refractivity contribution in [2.24, 2.45) is 0 Å². The highest BCUT2D eigenvalue weighted by Crippen LogP contribution is 2.30. The molecule has 6 heteroatoms. The van der Waals surface area contributed by atoms with Gasteiger partial charge in [0.05, 0.1) is 12.4 Å². The summed E-state index contributed by atoms with van der Waals surface area (Å²) >= 11 is 0. The number of halogens is 3. The molecule has 0 fully saturated rings. The van der Waals surface area contributed by atoms with E-state index in [-0.39, 0.29) is 5.82 Å². The topological polar surface area (TPSA) is 20.0 Å². The monoisotopic (exact) mass is 298 g/mol. The van der Waals surface area contributed by atoms with Crippen molar-refractivity contribution in [1.82, 2.24) is 4.98 Å². The highest BCUT2D eigenvalue weighted by atomic mass is 19.4. The van der Waals surface area contributed by atoms with Gasteiger partial charge in [-0.3, -0.25) is 0 Å². The number of anilines is 1. The Morgan fingerprint density at radius 1 is 1.05 bits per heavy atom. The molecule has 0 N–H and O–H groups in total. The molecule has 0 atom stereocenters. The number of hydrogen-bond acceptors (Lipinski definition) is 2. The van der Waals surface area contributed by atoms with Gasteiger partial charge in [-0.25, -0.2) is 4.57 Å². The lowest BCUT2D eigenvalue weighted by Crippen LogP contribution is -2.34. The second kappa shape index (κ2) is 7.06. The Morgan fingerprint density at radius 2 is 1.62 bits per heavy atom. The van der Waals surface area contributed by atoms with Gasteiger partial charge in [-0.05, 0) is 17.1 Å². The van der Waals surface area contributed by atoms with E-state index in [1.807, 2.05) is 32.8 Å². The van der Waals surface area contributed by atoms with Crippen LogP contribution in [0.5, 0.6) is 0 Å². The number of hydrogen-bond donors (Lipinski definition) is 0. The first-order chi connectivity index (χ1) is 9.89. The van der Waals surface area contributed by atoms with Gasteiger partial charge in [0.25, 0.3) is 0 Å². The van der Waals surface area contributed by atoms with Gasteiger partial charge in [-0.1, -0.05) is 13.8 Å². The van der Waals surface area contributed by atoms with Crippen molar-refractivity contribution in [1.29, 1.82) is 0 Å². The second-order valence-corrected chi connectivity index (χ2v) is 4.23. The minimum Gasteiger partial charge on any atom is -0.377 e. The molecular weight excluding hydrogens is 279 g/mol. The summed E-state index contributed by atoms with van der Waals surface area (Å²) in [6.45, 7) is 4.00. The summed E-state index contributed by atoms with van der Waals surface area (Å²) < 4.78 is 40.0. The Morgan fingerprint density at radius 3 is 2.10 bits per heavy atom. The summed E-state index contributed by atoms with van der Waals surface area (Å²) in [5.41, 5.74) is 0.151. The van der Waals surface area contributed by atoms with Crippen LogP contribution in [0.15, 0.2) is 42.9 Å². The smallest absolute Gasteiger partial charge is 0.377 e. The Kier molecular flexibility index (Phi) is 5.69. The molecule has 2 rings (SSSR count). The molecular formula is C15H19F3N3+. The van der Waals surface area contributed by atoms with Crippen LogP contribution in [0, 0.1) is 0 Å². The Bertz CT molecular complexity index is 563. The standard InChI is InChI=1S/C13H13F3N3.C2H6/c1-18(2)10-5-8-19(9-6-10)12-11(13(14,15)16)4-3-7-17-12;1-2/h3-9H,1-2H3;1-2H3/q+1;. The van der Waals surface area contributed by atoms with E-state index >= 15 is 0 Å². The summed E-state index contributed by atoms with van der Waals surface area (Å²) in [7, 11) is 3.73. The third-order valence-electron chi connectivity index (χ3n) is 2.66. The van der Waals surface area contributed by atoms with E-state index in [1.165, 1.54) is 16.8 Å². The molecule has 0 bridgehead atoms. The zero-order valence-electron chi connectivity index (χ0n) is 12.5. The van der Waals surface area contributed by atoms with E-state index in [2.05, 4.69) is 4.98 Å². The highest BCUT2D eigenvalue weighted by Gasteiger charge is 2.38. The fourth-order valence-corrected chi connectivity index (χ4v) is 1.68. The summed E-state index contributed by atoms with van der Waals surface area (Å²) in [4.78, 5) is 5.69. The Hall–Kier alpha value is -2.11. The van der Waals surface area contributed by atoms with Crippen LogP contribution in [0.1, 0.15) is 19.4 Å². The van der Waals surface area contributed by atoms with E-state index in [0.717, 1.165) is 11.8 Å². The molecule has 0 unspecified atom stereocenters. The molecule has 0 radical (unpaired) electrons. The zero-order chi connectivity index (χ0) is 16.0. The molecule has 0 aliphatic heterocycles. The maximum Gasteiger partial charge on any atom is 0.424 e. The number of pyridine rings is 2. The minimum atomic E-state index is -4.42. The van der Waals surface area contributed by atoms with Crippen LogP contribution in [-0.2, 0) is 6.18 Å². The molecule has 0 aliphatic carbocycles. The molecule has 21 heavy (non-hydrogen) atoms. The molecule has 114 valence electrons. The van der Waals surface area contributed by atoms with Crippen molar-refractivity contribution in [2.45, 2.75) is 20.0 Å². The predicted molar refractivity (Wildman–Crippen MR) is 76.4 cm³/mol. The molecule has 2 aromatic heterocycles. The average Bonchev–Trinajstić information content (AvgIpc) is 2.48. The largest absolute Gasteiger partial charge is 0.424 e. The lowest BCUT2D eigenvalue weighted by Gasteiger charge is -2.12. The fraction of sp³-hybridized carbons (Fsp3) is 0.333. The average molecular weight is 298 g/mol. The summed E-state index contributed by atoms with van der Waals surface area (Å²) in [6.07, 6.45) is 0.0497. The van der Waals surface area contributed by atoms with Crippen LogP contribution in [0.4, 0.5) is 18.9 Å².